The number of hydrogen-bond donors (Lipinski definition) is 0. The maximum atomic E-state index is 6.19. The topological polar surface area (TPSA) is 18.5 Å². The van der Waals surface area contributed by atoms with Gasteiger partial charge in [-0.15, -0.1) is 0 Å². The van der Waals surface area contributed by atoms with Gasteiger partial charge in [0, 0.05) is 0 Å². The third kappa shape index (κ3) is 2.45. The third-order valence-electron chi connectivity index (χ3n) is 5.64. The molecule has 3 rings (SSSR count). The molecule has 1 aromatic carbocycles. The van der Waals surface area contributed by atoms with Crippen LogP contribution in [0, 0.1) is 0 Å². The van der Waals surface area contributed by atoms with Crippen molar-refractivity contribution in [2.45, 2.75) is 77.4 Å². The molecule has 3 heteroatoms. The fraction of sp³-hybridized carbons (Fsp3) is 0.667. The van der Waals surface area contributed by atoms with Crippen LogP contribution in [0.2, 0.25) is 0 Å². The minimum absolute atomic E-state index is 0.252. The SMILES string of the molecule is CC1(C)CCCc2ccc(B3OC(C)(C)C(C)(C)O3)cc21. The molecule has 0 spiro atoms. The minimum Gasteiger partial charge on any atom is -0.399 e. The van der Waals surface area contributed by atoms with Gasteiger partial charge in [-0.05, 0) is 69.0 Å². The van der Waals surface area contributed by atoms with Crippen LogP contribution in [0.15, 0.2) is 18.2 Å². The van der Waals surface area contributed by atoms with Gasteiger partial charge in [-0.25, -0.2) is 0 Å². The Hall–Kier alpha value is -0.795. The van der Waals surface area contributed by atoms with E-state index in [9.17, 15) is 0 Å². The van der Waals surface area contributed by atoms with E-state index < -0.39 is 0 Å². The van der Waals surface area contributed by atoms with E-state index in [0.717, 1.165) is 5.46 Å². The zero-order valence-corrected chi connectivity index (χ0v) is 14.2. The van der Waals surface area contributed by atoms with Crippen molar-refractivity contribution in [2.75, 3.05) is 0 Å². The predicted molar refractivity (Wildman–Crippen MR) is 88.1 cm³/mol. The second-order valence-electron chi connectivity index (χ2n) is 8.24. The highest BCUT2D eigenvalue weighted by Crippen LogP contribution is 2.38. The molecule has 1 aliphatic heterocycles. The van der Waals surface area contributed by atoms with Gasteiger partial charge in [0.25, 0.3) is 0 Å². The predicted octanol–water partition coefficient (Wildman–Crippen LogP) is 3.60. The summed E-state index contributed by atoms with van der Waals surface area (Å²) in [5.74, 6) is 0. The summed E-state index contributed by atoms with van der Waals surface area (Å²) < 4.78 is 12.4. The van der Waals surface area contributed by atoms with Gasteiger partial charge in [0.05, 0.1) is 11.2 Å². The molecule has 114 valence electrons. The summed E-state index contributed by atoms with van der Waals surface area (Å²) in [6.45, 7) is 13.1. The molecular weight excluding hydrogens is 259 g/mol. The Balaban J connectivity index is 1.95. The van der Waals surface area contributed by atoms with E-state index in [1.165, 1.54) is 30.4 Å². The summed E-state index contributed by atoms with van der Waals surface area (Å²) in [5.41, 5.74) is 3.83. The molecule has 0 radical (unpaired) electrons. The quantitative estimate of drug-likeness (QED) is 0.734. The van der Waals surface area contributed by atoms with Gasteiger partial charge < -0.3 is 9.31 Å². The van der Waals surface area contributed by atoms with Crippen molar-refractivity contribution in [1.29, 1.82) is 0 Å². The standard InChI is InChI=1S/C18H27BO2/c1-16(2)11-7-8-13-9-10-14(12-15(13)16)19-20-17(3,4)18(5,6)21-19/h9-10,12H,7-8,11H2,1-6H3. The van der Waals surface area contributed by atoms with Crippen LogP contribution in [0.3, 0.4) is 0 Å². The summed E-state index contributed by atoms with van der Waals surface area (Å²) in [6, 6.07) is 6.77. The minimum atomic E-state index is -0.275. The van der Waals surface area contributed by atoms with Crippen LogP contribution in [0.4, 0.5) is 0 Å². The van der Waals surface area contributed by atoms with E-state index in [0.29, 0.717) is 0 Å². The van der Waals surface area contributed by atoms with Gasteiger partial charge in [-0.3, -0.25) is 0 Å². The van der Waals surface area contributed by atoms with E-state index >= 15 is 0 Å². The van der Waals surface area contributed by atoms with Crippen LogP contribution in [0.5, 0.6) is 0 Å². The molecule has 0 atom stereocenters. The molecule has 1 fully saturated rings. The molecule has 0 unspecified atom stereocenters. The van der Waals surface area contributed by atoms with Crippen molar-refractivity contribution in [3.05, 3.63) is 29.3 Å². The zero-order valence-electron chi connectivity index (χ0n) is 14.2. The lowest BCUT2D eigenvalue weighted by atomic mass is 9.69. The molecule has 0 amide bonds. The first-order valence-corrected chi connectivity index (χ1v) is 8.11. The first kappa shape index (κ1) is 15.1. The van der Waals surface area contributed by atoms with Crippen molar-refractivity contribution in [3.8, 4) is 0 Å². The Morgan fingerprint density at radius 2 is 1.57 bits per heavy atom. The zero-order chi connectivity index (χ0) is 15.5. The maximum Gasteiger partial charge on any atom is 0.494 e. The molecule has 1 heterocycles. The summed E-state index contributed by atoms with van der Waals surface area (Å²) >= 11 is 0. The van der Waals surface area contributed by atoms with Crippen LogP contribution in [-0.4, -0.2) is 18.3 Å². The van der Waals surface area contributed by atoms with E-state index in [1.54, 1.807) is 0 Å². The van der Waals surface area contributed by atoms with Gasteiger partial charge in [-0.2, -0.15) is 0 Å². The van der Waals surface area contributed by atoms with Crippen LogP contribution >= 0.6 is 0 Å². The van der Waals surface area contributed by atoms with Crippen LogP contribution in [0.1, 0.15) is 65.5 Å². The fourth-order valence-corrected chi connectivity index (χ4v) is 3.42. The molecule has 0 aromatic heterocycles. The first-order chi connectivity index (χ1) is 9.62. The Morgan fingerprint density at radius 3 is 2.19 bits per heavy atom. The average molecular weight is 286 g/mol. The van der Waals surface area contributed by atoms with E-state index in [-0.39, 0.29) is 23.7 Å². The fourth-order valence-electron chi connectivity index (χ4n) is 3.42. The molecule has 0 saturated carbocycles. The summed E-state index contributed by atoms with van der Waals surface area (Å²) in [4.78, 5) is 0. The Bertz CT molecular complexity index is 544. The molecule has 21 heavy (non-hydrogen) atoms. The van der Waals surface area contributed by atoms with Gasteiger partial charge in [-0.1, -0.05) is 32.0 Å². The smallest absolute Gasteiger partial charge is 0.399 e. The van der Waals surface area contributed by atoms with E-state index in [1.807, 2.05) is 0 Å². The molecule has 1 saturated heterocycles. The lowest BCUT2D eigenvalue weighted by Crippen LogP contribution is -2.41. The van der Waals surface area contributed by atoms with Crippen LogP contribution in [0.25, 0.3) is 0 Å². The molecule has 1 aliphatic carbocycles. The monoisotopic (exact) mass is 286 g/mol. The third-order valence-corrected chi connectivity index (χ3v) is 5.64. The highest BCUT2D eigenvalue weighted by molar-refractivity contribution is 6.62. The van der Waals surface area contributed by atoms with Crippen LogP contribution < -0.4 is 5.46 Å². The van der Waals surface area contributed by atoms with Crippen molar-refractivity contribution in [2.24, 2.45) is 0 Å². The number of benzene rings is 1. The normalized spacial score (nSPS) is 25.7. The Morgan fingerprint density at radius 1 is 0.952 bits per heavy atom. The van der Waals surface area contributed by atoms with E-state index in [2.05, 4.69) is 59.7 Å². The average Bonchev–Trinajstić information content (AvgIpc) is 2.58. The second-order valence-corrected chi connectivity index (χ2v) is 8.24. The van der Waals surface area contributed by atoms with Gasteiger partial charge in [0.1, 0.15) is 0 Å². The van der Waals surface area contributed by atoms with Gasteiger partial charge >= 0.3 is 7.12 Å². The second kappa shape index (κ2) is 4.60. The number of fused-ring (bicyclic) bond motifs is 1. The number of aryl methyl sites for hydroxylation is 1. The summed E-state index contributed by atoms with van der Waals surface area (Å²) in [5, 5.41) is 0. The molecular formula is C18H27BO2. The molecule has 0 bridgehead atoms. The number of hydrogen-bond acceptors (Lipinski definition) is 2. The number of rotatable bonds is 1. The van der Waals surface area contributed by atoms with E-state index in [4.69, 9.17) is 9.31 Å². The lowest BCUT2D eigenvalue weighted by Gasteiger charge is -2.33. The Labute approximate surface area is 129 Å². The Kier molecular flexibility index (Phi) is 3.31. The van der Waals surface area contributed by atoms with Crippen molar-refractivity contribution in [3.63, 3.8) is 0 Å². The molecule has 2 nitrogen and oxygen atoms in total. The summed E-state index contributed by atoms with van der Waals surface area (Å²) in [7, 11) is -0.252. The van der Waals surface area contributed by atoms with Crippen LogP contribution in [-0.2, 0) is 21.1 Å². The van der Waals surface area contributed by atoms with Gasteiger partial charge in [0.2, 0.25) is 0 Å². The lowest BCUT2D eigenvalue weighted by molar-refractivity contribution is 0.00578. The molecule has 2 aliphatic rings. The summed E-state index contributed by atoms with van der Waals surface area (Å²) in [6.07, 6.45) is 3.74. The van der Waals surface area contributed by atoms with Crippen molar-refractivity contribution in [1.82, 2.24) is 0 Å². The maximum absolute atomic E-state index is 6.19. The van der Waals surface area contributed by atoms with Gasteiger partial charge in [0.15, 0.2) is 0 Å². The van der Waals surface area contributed by atoms with Crippen molar-refractivity contribution >= 4 is 12.6 Å². The highest BCUT2D eigenvalue weighted by atomic mass is 16.7. The first-order valence-electron chi connectivity index (χ1n) is 8.11. The molecule has 1 aromatic rings. The molecule has 0 N–H and O–H groups in total. The van der Waals surface area contributed by atoms with Crippen molar-refractivity contribution < 1.29 is 9.31 Å². The highest BCUT2D eigenvalue weighted by Gasteiger charge is 2.51. The largest absolute Gasteiger partial charge is 0.494 e.